The van der Waals surface area contributed by atoms with E-state index in [1.54, 1.807) is 36.4 Å². The van der Waals surface area contributed by atoms with Gasteiger partial charge in [0.25, 0.3) is 5.91 Å². The van der Waals surface area contributed by atoms with Crippen LogP contribution in [0.25, 0.3) is 11.6 Å². The fraction of sp³-hybridized carbons (Fsp3) is 0.0800. The molecule has 0 radical (unpaired) electrons. The molecule has 0 fully saturated rings. The van der Waals surface area contributed by atoms with E-state index in [1.165, 1.54) is 12.1 Å². The van der Waals surface area contributed by atoms with Gasteiger partial charge in [0.15, 0.2) is 6.61 Å². The molecule has 0 atom stereocenters. The van der Waals surface area contributed by atoms with Crippen LogP contribution in [0, 0.1) is 18.3 Å². The number of carbonyl (C=O) groups is 2. The molecule has 0 saturated carbocycles. The number of aromatic carboxylic acids is 1. The quantitative estimate of drug-likeness (QED) is 0.334. The second-order valence-electron chi connectivity index (χ2n) is 6.95. The van der Waals surface area contributed by atoms with Gasteiger partial charge in [-0.2, -0.15) is 5.26 Å². The van der Waals surface area contributed by atoms with Crippen molar-refractivity contribution >= 4 is 45.1 Å². The number of carbonyl (C=O) groups excluding carboxylic acids is 1. The Labute approximate surface area is 193 Å². The molecule has 0 bridgehead atoms. The van der Waals surface area contributed by atoms with Gasteiger partial charge < -0.3 is 15.2 Å². The molecule has 0 unspecified atom stereocenters. The minimum Gasteiger partial charge on any atom is -0.483 e. The summed E-state index contributed by atoms with van der Waals surface area (Å²) in [5.41, 5.74) is 3.70. The van der Waals surface area contributed by atoms with Crippen LogP contribution in [0.1, 0.15) is 27.0 Å². The molecular weight excluding hydrogens is 472 g/mol. The highest BCUT2D eigenvalue weighted by molar-refractivity contribution is 9.10. The highest BCUT2D eigenvalue weighted by Gasteiger charge is 2.09. The highest BCUT2D eigenvalue weighted by Crippen LogP contribution is 2.28. The second kappa shape index (κ2) is 10.4. The van der Waals surface area contributed by atoms with E-state index in [0.29, 0.717) is 27.0 Å². The Balaban J connectivity index is 1.67. The van der Waals surface area contributed by atoms with Gasteiger partial charge in [-0.1, -0.05) is 35.9 Å². The summed E-state index contributed by atoms with van der Waals surface area (Å²) in [6.45, 7) is 1.82. The number of benzene rings is 3. The Morgan fingerprint density at radius 3 is 2.31 bits per heavy atom. The van der Waals surface area contributed by atoms with Gasteiger partial charge >= 0.3 is 5.97 Å². The topological polar surface area (TPSA) is 99.4 Å². The van der Waals surface area contributed by atoms with Crippen LogP contribution in [0.3, 0.4) is 0 Å². The fourth-order valence-electron chi connectivity index (χ4n) is 2.84. The summed E-state index contributed by atoms with van der Waals surface area (Å²) < 4.78 is 6.23. The first kappa shape index (κ1) is 22.8. The minimum absolute atomic E-state index is 0.152. The molecule has 160 valence electrons. The largest absolute Gasteiger partial charge is 0.483 e. The van der Waals surface area contributed by atoms with Crippen LogP contribution in [0.5, 0.6) is 5.75 Å². The number of hydrogen-bond acceptors (Lipinski definition) is 4. The summed E-state index contributed by atoms with van der Waals surface area (Å²) in [6.07, 6.45) is 1.69. The van der Waals surface area contributed by atoms with Crippen molar-refractivity contribution in [2.24, 2.45) is 0 Å². The lowest BCUT2D eigenvalue weighted by molar-refractivity contribution is -0.118. The zero-order valence-corrected chi connectivity index (χ0v) is 18.7. The number of carboxylic acids is 1. The molecule has 1 amide bonds. The van der Waals surface area contributed by atoms with E-state index in [-0.39, 0.29) is 18.1 Å². The van der Waals surface area contributed by atoms with Crippen molar-refractivity contribution in [2.75, 3.05) is 11.9 Å². The number of carboxylic acid groups (broad SMARTS) is 1. The zero-order chi connectivity index (χ0) is 23.1. The van der Waals surface area contributed by atoms with Crippen molar-refractivity contribution in [1.82, 2.24) is 0 Å². The van der Waals surface area contributed by atoms with Crippen LogP contribution >= 0.6 is 15.9 Å². The van der Waals surface area contributed by atoms with Crippen molar-refractivity contribution in [3.05, 3.63) is 93.5 Å². The number of amides is 1. The number of ether oxygens (including phenoxy) is 1. The molecule has 0 heterocycles. The molecule has 7 heteroatoms. The molecule has 3 aromatic carbocycles. The SMILES string of the molecule is Cc1ccc(NC(=O)COc2ccc(C=C(C#N)c3ccc(C(=O)O)cc3)cc2Br)cc1. The molecule has 0 saturated heterocycles. The first-order valence-corrected chi connectivity index (χ1v) is 10.4. The van der Waals surface area contributed by atoms with E-state index in [1.807, 2.05) is 31.2 Å². The number of halogens is 1. The third kappa shape index (κ3) is 6.06. The molecule has 0 aliphatic heterocycles. The van der Waals surface area contributed by atoms with E-state index in [9.17, 15) is 14.9 Å². The van der Waals surface area contributed by atoms with E-state index in [0.717, 1.165) is 11.1 Å². The normalized spacial score (nSPS) is 10.8. The first-order valence-electron chi connectivity index (χ1n) is 9.60. The molecule has 0 aliphatic carbocycles. The smallest absolute Gasteiger partial charge is 0.335 e. The van der Waals surface area contributed by atoms with Gasteiger partial charge in [0, 0.05) is 5.69 Å². The predicted molar refractivity (Wildman–Crippen MR) is 126 cm³/mol. The van der Waals surface area contributed by atoms with E-state index < -0.39 is 5.97 Å². The Morgan fingerprint density at radius 2 is 1.72 bits per heavy atom. The van der Waals surface area contributed by atoms with Crippen molar-refractivity contribution in [2.45, 2.75) is 6.92 Å². The van der Waals surface area contributed by atoms with E-state index >= 15 is 0 Å². The maximum absolute atomic E-state index is 12.1. The first-order chi connectivity index (χ1) is 15.4. The standard InChI is InChI=1S/C25H19BrN2O4/c1-16-2-9-21(10-3-16)28-24(29)15-32-23-11-4-17(13-22(23)26)12-20(14-27)18-5-7-19(8-6-18)25(30)31/h2-13H,15H2,1H3,(H,28,29)(H,30,31). The second-order valence-corrected chi connectivity index (χ2v) is 7.80. The van der Waals surface area contributed by atoms with Crippen molar-refractivity contribution < 1.29 is 19.4 Å². The lowest BCUT2D eigenvalue weighted by atomic mass is 10.0. The Morgan fingerprint density at radius 1 is 1.06 bits per heavy atom. The van der Waals surface area contributed by atoms with Crippen LogP contribution in [0.4, 0.5) is 5.69 Å². The molecule has 0 aromatic heterocycles. The maximum atomic E-state index is 12.1. The van der Waals surface area contributed by atoms with Crippen LogP contribution in [0.2, 0.25) is 0 Å². The monoisotopic (exact) mass is 490 g/mol. The molecule has 6 nitrogen and oxygen atoms in total. The molecular formula is C25H19BrN2O4. The number of rotatable bonds is 7. The minimum atomic E-state index is -1.02. The molecule has 0 aliphatic rings. The van der Waals surface area contributed by atoms with Gasteiger partial charge in [-0.05, 0) is 76.5 Å². The van der Waals surface area contributed by atoms with Gasteiger partial charge in [-0.15, -0.1) is 0 Å². The van der Waals surface area contributed by atoms with Crippen molar-refractivity contribution in [3.8, 4) is 11.8 Å². The summed E-state index contributed by atoms with van der Waals surface area (Å²) in [5.74, 6) is -0.807. The number of aryl methyl sites for hydroxylation is 1. The van der Waals surface area contributed by atoms with Gasteiger partial charge in [-0.25, -0.2) is 4.79 Å². The molecule has 2 N–H and O–H groups in total. The molecule has 0 spiro atoms. The van der Waals surface area contributed by atoms with Crippen LogP contribution < -0.4 is 10.1 Å². The van der Waals surface area contributed by atoms with Crippen molar-refractivity contribution in [1.29, 1.82) is 5.26 Å². The number of nitrogens with zero attached hydrogens (tertiary/aromatic N) is 1. The average Bonchev–Trinajstić information content (AvgIpc) is 2.78. The number of anilines is 1. The van der Waals surface area contributed by atoms with Gasteiger partial charge in [0.1, 0.15) is 5.75 Å². The summed E-state index contributed by atoms with van der Waals surface area (Å²) in [6, 6.07) is 21.0. The lowest BCUT2D eigenvalue weighted by Gasteiger charge is -2.10. The predicted octanol–water partition coefficient (Wildman–Crippen LogP) is 5.54. The lowest BCUT2D eigenvalue weighted by Crippen LogP contribution is -2.20. The molecule has 32 heavy (non-hydrogen) atoms. The summed E-state index contributed by atoms with van der Waals surface area (Å²) >= 11 is 3.43. The Bertz CT molecular complexity index is 1210. The van der Waals surface area contributed by atoms with E-state index in [4.69, 9.17) is 9.84 Å². The summed E-state index contributed by atoms with van der Waals surface area (Å²) in [4.78, 5) is 23.1. The van der Waals surface area contributed by atoms with Gasteiger partial charge in [0.2, 0.25) is 0 Å². The number of nitrogens with one attached hydrogen (secondary N) is 1. The third-order valence-electron chi connectivity index (χ3n) is 4.52. The Kier molecular flexibility index (Phi) is 7.42. The highest BCUT2D eigenvalue weighted by atomic mass is 79.9. The van der Waals surface area contributed by atoms with Crippen LogP contribution in [0.15, 0.2) is 71.2 Å². The summed E-state index contributed by atoms with van der Waals surface area (Å²) in [7, 11) is 0. The van der Waals surface area contributed by atoms with Crippen LogP contribution in [-0.2, 0) is 4.79 Å². The number of nitriles is 1. The zero-order valence-electron chi connectivity index (χ0n) is 17.1. The summed E-state index contributed by atoms with van der Waals surface area (Å²) in [5, 5.41) is 21.3. The maximum Gasteiger partial charge on any atom is 0.335 e. The molecule has 3 aromatic rings. The third-order valence-corrected chi connectivity index (χ3v) is 5.14. The number of hydrogen-bond donors (Lipinski definition) is 2. The van der Waals surface area contributed by atoms with Gasteiger partial charge in [0.05, 0.1) is 21.7 Å². The number of allylic oxidation sites excluding steroid dienone is 1. The van der Waals surface area contributed by atoms with Gasteiger partial charge in [-0.3, -0.25) is 4.79 Å². The molecule has 3 rings (SSSR count). The Hall–Kier alpha value is -3.89. The average molecular weight is 491 g/mol. The fourth-order valence-corrected chi connectivity index (χ4v) is 3.35. The van der Waals surface area contributed by atoms with E-state index in [2.05, 4.69) is 27.3 Å². The van der Waals surface area contributed by atoms with Crippen LogP contribution in [-0.4, -0.2) is 23.6 Å². The van der Waals surface area contributed by atoms with Crippen molar-refractivity contribution in [3.63, 3.8) is 0 Å².